The molecule has 3 N–H and O–H groups in total. The number of rotatable bonds is 6. The van der Waals surface area contributed by atoms with Crippen LogP contribution in [0.5, 0.6) is 5.75 Å². The van der Waals surface area contributed by atoms with Crippen molar-refractivity contribution in [2.45, 2.75) is 13.0 Å². The number of hydrogen-bond acceptors (Lipinski definition) is 4. The van der Waals surface area contributed by atoms with E-state index in [9.17, 15) is 9.59 Å². The number of primary amides is 1. The summed E-state index contributed by atoms with van der Waals surface area (Å²) in [6.07, 6.45) is 0. The van der Waals surface area contributed by atoms with Gasteiger partial charge in [-0.1, -0.05) is 18.2 Å². The van der Waals surface area contributed by atoms with E-state index in [1.54, 1.807) is 24.3 Å². The summed E-state index contributed by atoms with van der Waals surface area (Å²) in [6, 6.07) is 15.8. The third-order valence-electron chi connectivity index (χ3n) is 3.72. The first-order valence-corrected chi connectivity index (χ1v) is 7.83. The smallest absolute Gasteiger partial charge is 0.255 e. The molecular weight excluding hydrogens is 320 g/mol. The van der Waals surface area contributed by atoms with Crippen LogP contribution >= 0.6 is 0 Å². The number of hydrogen-bond donors (Lipinski definition) is 2. The molecule has 2 amide bonds. The number of ether oxygens (including phenoxy) is 1. The second kappa shape index (κ2) is 7.09. The summed E-state index contributed by atoms with van der Waals surface area (Å²) in [4.78, 5) is 23.0. The van der Waals surface area contributed by atoms with Gasteiger partial charge >= 0.3 is 0 Å². The van der Waals surface area contributed by atoms with E-state index in [1.807, 2.05) is 37.3 Å². The first-order chi connectivity index (χ1) is 12.0. The van der Waals surface area contributed by atoms with Gasteiger partial charge in [0.05, 0.1) is 6.04 Å². The minimum Gasteiger partial charge on any atom is -0.484 e. The molecule has 128 valence electrons. The van der Waals surface area contributed by atoms with Crippen LogP contribution in [-0.4, -0.2) is 18.4 Å². The van der Waals surface area contributed by atoms with E-state index < -0.39 is 5.91 Å². The molecule has 0 fully saturated rings. The molecule has 0 aliphatic heterocycles. The van der Waals surface area contributed by atoms with Crippen molar-refractivity contribution in [3.63, 3.8) is 0 Å². The summed E-state index contributed by atoms with van der Waals surface area (Å²) in [5, 5.41) is 3.89. The van der Waals surface area contributed by atoms with Gasteiger partial charge < -0.3 is 20.2 Å². The molecule has 0 aliphatic rings. The standard InChI is InChI=1S/C19H18N2O4/c1-12(17-10-14-4-2-3-5-16(14)25-17)21-19(23)13-6-8-15(9-7-13)24-11-18(20)22/h2-10,12H,11H2,1H3,(H2,20,22)(H,21,23)/t12-/m1/s1. The molecule has 0 spiro atoms. The highest BCUT2D eigenvalue weighted by molar-refractivity contribution is 5.94. The van der Waals surface area contributed by atoms with Crippen molar-refractivity contribution in [2.24, 2.45) is 5.73 Å². The Kier molecular flexibility index (Phi) is 4.70. The summed E-state index contributed by atoms with van der Waals surface area (Å²) < 4.78 is 10.9. The second-order valence-electron chi connectivity index (χ2n) is 5.66. The lowest BCUT2D eigenvalue weighted by molar-refractivity contribution is -0.119. The SMILES string of the molecule is C[C@@H](NC(=O)c1ccc(OCC(N)=O)cc1)c1cc2ccccc2o1. The summed E-state index contributed by atoms with van der Waals surface area (Å²) in [6.45, 7) is 1.66. The molecule has 25 heavy (non-hydrogen) atoms. The first kappa shape index (κ1) is 16.6. The maximum absolute atomic E-state index is 12.4. The number of nitrogens with one attached hydrogen (secondary N) is 1. The average Bonchev–Trinajstić information content (AvgIpc) is 3.04. The molecule has 0 saturated heterocycles. The second-order valence-corrected chi connectivity index (χ2v) is 5.66. The molecule has 0 aliphatic carbocycles. The van der Waals surface area contributed by atoms with Gasteiger partial charge in [-0.3, -0.25) is 9.59 Å². The molecule has 2 aromatic carbocycles. The number of carbonyl (C=O) groups is 2. The van der Waals surface area contributed by atoms with Crippen LogP contribution in [0.25, 0.3) is 11.0 Å². The number of para-hydroxylation sites is 1. The van der Waals surface area contributed by atoms with Gasteiger partial charge in [0.25, 0.3) is 11.8 Å². The van der Waals surface area contributed by atoms with E-state index in [-0.39, 0.29) is 18.6 Å². The Morgan fingerprint density at radius 2 is 1.88 bits per heavy atom. The predicted octanol–water partition coefficient (Wildman–Crippen LogP) is 2.79. The van der Waals surface area contributed by atoms with Crippen molar-refractivity contribution in [3.8, 4) is 5.75 Å². The molecule has 3 rings (SSSR count). The Morgan fingerprint density at radius 1 is 1.16 bits per heavy atom. The number of benzene rings is 2. The highest BCUT2D eigenvalue weighted by Crippen LogP contribution is 2.24. The Bertz CT molecular complexity index is 866. The zero-order valence-corrected chi connectivity index (χ0v) is 13.7. The Morgan fingerprint density at radius 3 is 2.56 bits per heavy atom. The van der Waals surface area contributed by atoms with Crippen LogP contribution in [0, 0.1) is 0 Å². The fourth-order valence-corrected chi connectivity index (χ4v) is 2.42. The van der Waals surface area contributed by atoms with Gasteiger partial charge in [-0.15, -0.1) is 0 Å². The first-order valence-electron chi connectivity index (χ1n) is 7.83. The van der Waals surface area contributed by atoms with Gasteiger partial charge in [0.15, 0.2) is 6.61 Å². The summed E-state index contributed by atoms with van der Waals surface area (Å²) in [7, 11) is 0. The van der Waals surface area contributed by atoms with Crippen molar-refractivity contribution in [1.82, 2.24) is 5.32 Å². The lowest BCUT2D eigenvalue weighted by atomic mass is 10.1. The number of furan rings is 1. The molecular formula is C19H18N2O4. The lowest BCUT2D eigenvalue weighted by Gasteiger charge is -2.12. The quantitative estimate of drug-likeness (QED) is 0.722. The third-order valence-corrected chi connectivity index (χ3v) is 3.72. The minimum atomic E-state index is -0.554. The van der Waals surface area contributed by atoms with E-state index in [0.29, 0.717) is 17.1 Å². The van der Waals surface area contributed by atoms with Gasteiger partial charge in [0, 0.05) is 10.9 Å². The van der Waals surface area contributed by atoms with Crippen molar-refractivity contribution in [2.75, 3.05) is 6.61 Å². The highest BCUT2D eigenvalue weighted by Gasteiger charge is 2.15. The Labute approximate surface area is 144 Å². The molecule has 6 heteroatoms. The van der Waals surface area contributed by atoms with Gasteiger partial charge in [0.2, 0.25) is 0 Å². The Balaban J connectivity index is 1.65. The molecule has 1 heterocycles. The van der Waals surface area contributed by atoms with E-state index in [1.165, 1.54) is 0 Å². The fraction of sp³-hybridized carbons (Fsp3) is 0.158. The van der Waals surface area contributed by atoms with Gasteiger partial charge in [0.1, 0.15) is 17.1 Å². The van der Waals surface area contributed by atoms with E-state index in [4.69, 9.17) is 14.9 Å². The molecule has 1 atom stereocenters. The zero-order chi connectivity index (χ0) is 17.8. The van der Waals surface area contributed by atoms with Crippen LogP contribution in [0.2, 0.25) is 0 Å². The number of fused-ring (bicyclic) bond motifs is 1. The third kappa shape index (κ3) is 3.98. The monoisotopic (exact) mass is 338 g/mol. The molecule has 6 nitrogen and oxygen atoms in total. The van der Waals surface area contributed by atoms with Crippen molar-refractivity contribution in [1.29, 1.82) is 0 Å². The summed E-state index contributed by atoms with van der Waals surface area (Å²) in [5.74, 6) is 0.382. The van der Waals surface area contributed by atoms with Crippen LogP contribution in [0.4, 0.5) is 0 Å². The molecule has 0 bridgehead atoms. The van der Waals surface area contributed by atoms with Crippen molar-refractivity contribution >= 4 is 22.8 Å². The van der Waals surface area contributed by atoms with E-state index in [0.717, 1.165) is 11.0 Å². The van der Waals surface area contributed by atoms with Gasteiger partial charge in [-0.25, -0.2) is 0 Å². The number of carbonyl (C=O) groups excluding carboxylic acids is 2. The van der Waals surface area contributed by atoms with Crippen LogP contribution < -0.4 is 15.8 Å². The number of nitrogens with two attached hydrogens (primary N) is 1. The maximum Gasteiger partial charge on any atom is 0.255 e. The predicted molar refractivity (Wildman–Crippen MR) is 93.2 cm³/mol. The highest BCUT2D eigenvalue weighted by atomic mass is 16.5. The van der Waals surface area contributed by atoms with E-state index in [2.05, 4.69) is 5.32 Å². The van der Waals surface area contributed by atoms with Crippen LogP contribution in [0.3, 0.4) is 0 Å². The minimum absolute atomic E-state index is 0.200. The maximum atomic E-state index is 12.4. The van der Waals surface area contributed by atoms with Crippen LogP contribution in [0.1, 0.15) is 29.1 Å². The summed E-state index contributed by atoms with van der Waals surface area (Å²) >= 11 is 0. The Hall–Kier alpha value is -3.28. The van der Waals surface area contributed by atoms with Crippen molar-refractivity contribution < 1.29 is 18.7 Å². The average molecular weight is 338 g/mol. The topological polar surface area (TPSA) is 94.6 Å². The summed E-state index contributed by atoms with van der Waals surface area (Å²) in [5.41, 5.74) is 6.29. The zero-order valence-electron chi connectivity index (χ0n) is 13.7. The molecule has 0 saturated carbocycles. The molecule has 0 unspecified atom stereocenters. The van der Waals surface area contributed by atoms with Gasteiger partial charge in [-0.05, 0) is 43.3 Å². The van der Waals surface area contributed by atoms with Gasteiger partial charge in [-0.2, -0.15) is 0 Å². The number of amides is 2. The van der Waals surface area contributed by atoms with Crippen LogP contribution in [-0.2, 0) is 4.79 Å². The van der Waals surface area contributed by atoms with E-state index >= 15 is 0 Å². The van der Waals surface area contributed by atoms with Crippen molar-refractivity contribution in [3.05, 3.63) is 65.9 Å². The lowest BCUT2D eigenvalue weighted by Crippen LogP contribution is -2.26. The largest absolute Gasteiger partial charge is 0.484 e. The molecule has 3 aromatic rings. The molecule has 1 aromatic heterocycles. The normalized spacial score (nSPS) is 11.9. The fourth-order valence-electron chi connectivity index (χ4n) is 2.42. The van der Waals surface area contributed by atoms with Crippen LogP contribution in [0.15, 0.2) is 59.0 Å². The molecule has 0 radical (unpaired) electrons.